The fourth-order valence-corrected chi connectivity index (χ4v) is 2.61. The van der Waals surface area contributed by atoms with Crippen LogP contribution in [0.25, 0.3) is 16.8 Å². The third-order valence-corrected chi connectivity index (χ3v) is 3.88. The molecule has 24 heavy (non-hydrogen) atoms. The van der Waals surface area contributed by atoms with Crippen LogP contribution in [0, 0.1) is 13.8 Å². The zero-order chi connectivity index (χ0) is 17.3. The second-order valence-corrected chi connectivity index (χ2v) is 5.57. The molecule has 0 amide bonds. The van der Waals surface area contributed by atoms with Crippen LogP contribution in [0.3, 0.4) is 0 Å². The molecule has 0 bridgehead atoms. The Balaban J connectivity index is 2.36. The molecule has 0 aliphatic rings. The van der Waals surface area contributed by atoms with E-state index in [1.165, 1.54) is 0 Å². The Bertz CT molecular complexity index is 958. The van der Waals surface area contributed by atoms with Crippen molar-refractivity contribution in [3.63, 3.8) is 0 Å². The van der Waals surface area contributed by atoms with Crippen LogP contribution in [-0.2, 0) is 0 Å². The third kappa shape index (κ3) is 2.72. The number of rotatable bonds is 3. The van der Waals surface area contributed by atoms with E-state index in [1.54, 1.807) is 31.2 Å². The third-order valence-electron chi connectivity index (χ3n) is 3.88. The Labute approximate surface area is 138 Å². The van der Waals surface area contributed by atoms with Crippen molar-refractivity contribution in [2.75, 3.05) is 0 Å². The van der Waals surface area contributed by atoms with E-state index in [0.29, 0.717) is 22.4 Å². The van der Waals surface area contributed by atoms with Gasteiger partial charge in [-0.25, -0.2) is 4.79 Å². The summed E-state index contributed by atoms with van der Waals surface area (Å²) in [5.41, 5.74) is 2.51. The summed E-state index contributed by atoms with van der Waals surface area (Å²) < 4.78 is 1.14. The minimum absolute atomic E-state index is 0.131. The SMILES string of the molecule is Cc1ccc(-c2c(C)c(C(=O)O)nn(-c3ccccc3)c2=O)cc1. The Morgan fingerprint density at radius 2 is 1.62 bits per heavy atom. The largest absolute Gasteiger partial charge is 0.476 e. The molecule has 0 saturated heterocycles. The second kappa shape index (κ2) is 6.12. The first-order chi connectivity index (χ1) is 11.5. The molecule has 0 aliphatic carbocycles. The second-order valence-electron chi connectivity index (χ2n) is 5.57. The molecule has 0 aliphatic heterocycles. The number of aromatic carboxylic acids is 1. The maximum Gasteiger partial charge on any atom is 0.356 e. The molecule has 0 saturated carbocycles. The maximum atomic E-state index is 13.0. The van der Waals surface area contributed by atoms with Crippen LogP contribution < -0.4 is 5.56 Å². The molecule has 5 heteroatoms. The topological polar surface area (TPSA) is 72.2 Å². The lowest BCUT2D eigenvalue weighted by Gasteiger charge is -2.13. The minimum atomic E-state index is -1.16. The van der Waals surface area contributed by atoms with Crippen molar-refractivity contribution in [1.82, 2.24) is 9.78 Å². The first-order valence-electron chi connectivity index (χ1n) is 7.48. The molecule has 0 radical (unpaired) electrons. The van der Waals surface area contributed by atoms with Gasteiger partial charge in [0.2, 0.25) is 0 Å². The summed E-state index contributed by atoms with van der Waals surface area (Å²) in [6.07, 6.45) is 0. The van der Waals surface area contributed by atoms with E-state index in [4.69, 9.17) is 0 Å². The van der Waals surface area contributed by atoms with Crippen molar-refractivity contribution in [1.29, 1.82) is 0 Å². The standard InChI is InChI=1S/C19H16N2O3/c1-12-8-10-14(11-9-12)16-13(2)17(19(23)24)20-21(18(16)22)15-6-4-3-5-7-15/h3-11H,1-2H3,(H,23,24). The number of aromatic nitrogens is 2. The molecule has 1 N–H and O–H groups in total. The van der Waals surface area contributed by atoms with Crippen LogP contribution in [0.5, 0.6) is 0 Å². The van der Waals surface area contributed by atoms with Crippen LogP contribution >= 0.6 is 0 Å². The zero-order valence-electron chi connectivity index (χ0n) is 13.4. The van der Waals surface area contributed by atoms with Gasteiger partial charge < -0.3 is 5.11 Å². The molecule has 120 valence electrons. The highest BCUT2D eigenvalue weighted by Crippen LogP contribution is 2.22. The van der Waals surface area contributed by atoms with Crippen molar-refractivity contribution in [3.05, 3.63) is 81.8 Å². The van der Waals surface area contributed by atoms with E-state index in [1.807, 2.05) is 37.3 Å². The molecule has 0 unspecified atom stereocenters. The van der Waals surface area contributed by atoms with E-state index < -0.39 is 5.97 Å². The molecule has 1 aromatic heterocycles. The summed E-state index contributed by atoms with van der Waals surface area (Å²) in [4.78, 5) is 24.5. The number of nitrogens with zero attached hydrogens (tertiary/aromatic N) is 2. The molecule has 0 fully saturated rings. The number of aryl methyl sites for hydroxylation is 1. The molecule has 5 nitrogen and oxygen atoms in total. The molecule has 3 rings (SSSR count). The highest BCUT2D eigenvalue weighted by Gasteiger charge is 2.20. The van der Waals surface area contributed by atoms with Crippen LogP contribution in [-0.4, -0.2) is 20.9 Å². The van der Waals surface area contributed by atoms with Crippen LogP contribution in [0.15, 0.2) is 59.4 Å². The lowest BCUT2D eigenvalue weighted by Crippen LogP contribution is -2.27. The van der Waals surface area contributed by atoms with E-state index in [2.05, 4.69) is 5.10 Å². The Morgan fingerprint density at radius 3 is 2.21 bits per heavy atom. The monoisotopic (exact) mass is 320 g/mol. The lowest BCUT2D eigenvalue weighted by atomic mass is 10.00. The van der Waals surface area contributed by atoms with Crippen LogP contribution in [0.1, 0.15) is 21.6 Å². The van der Waals surface area contributed by atoms with Gasteiger partial charge in [0, 0.05) is 0 Å². The quantitative estimate of drug-likeness (QED) is 0.804. The smallest absolute Gasteiger partial charge is 0.356 e. The summed E-state index contributed by atoms with van der Waals surface area (Å²) in [5.74, 6) is -1.16. The molecule has 0 atom stereocenters. The molecule has 0 spiro atoms. The Hall–Kier alpha value is -3.21. The van der Waals surface area contributed by atoms with Gasteiger partial charge in [-0.15, -0.1) is 0 Å². The van der Waals surface area contributed by atoms with Gasteiger partial charge >= 0.3 is 5.97 Å². The molecule has 3 aromatic rings. The Morgan fingerprint density at radius 1 is 1.00 bits per heavy atom. The summed E-state index contributed by atoms with van der Waals surface area (Å²) in [6.45, 7) is 3.57. The van der Waals surface area contributed by atoms with Gasteiger partial charge in [0.15, 0.2) is 5.69 Å². The van der Waals surface area contributed by atoms with Gasteiger partial charge in [0.05, 0.1) is 11.3 Å². The highest BCUT2D eigenvalue weighted by atomic mass is 16.4. The number of carboxylic acids is 1. The van der Waals surface area contributed by atoms with Crippen molar-refractivity contribution < 1.29 is 9.90 Å². The van der Waals surface area contributed by atoms with Crippen LogP contribution in [0.2, 0.25) is 0 Å². The van der Waals surface area contributed by atoms with Gasteiger partial charge in [-0.2, -0.15) is 9.78 Å². The summed E-state index contributed by atoms with van der Waals surface area (Å²) in [5, 5.41) is 13.5. The number of benzene rings is 2. The number of hydrogen-bond acceptors (Lipinski definition) is 3. The zero-order valence-corrected chi connectivity index (χ0v) is 13.4. The predicted molar refractivity (Wildman–Crippen MR) is 91.7 cm³/mol. The van der Waals surface area contributed by atoms with E-state index in [0.717, 1.165) is 10.2 Å². The number of hydrogen-bond donors (Lipinski definition) is 1. The van der Waals surface area contributed by atoms with Gasteiger partial charge in [0.1, 0.15) is 0 Å². The van der Waals surface area contributed by atoms with Crippen molar-refractivity contribution >= 4 is 5.97 Å². The minimum Gasteiger partial charge on any atom is -0.476 e. The normalized spacial score (nSPS) is 10.6. The van der Waals surface area contributed by atoms with Gasteiger partial charge in [0.25, 0.3) is 5.56 Å². The maximum absolute atomic E-state index is 13.0. The Kier molecular flexibility index (Phi) is 4.00. The summed E-state index contributed by atoms with van der Waals surface area (Å²) in [6, 6.07) is 16.2. The van der Waals surface area contributed by atoms with Crippen molar-refractivity contribution in [2.45, 2.75) is 13.8 Å². The van der Waals surface area contributed by atoms with Crippen LogP contribution in [0.4, 0.5) is 0 Å². The number of carboxylic acid groups (broad SMARTS) is 1. The number of carbonyl (C=O) groups is 1. The van der Waals surface area contributed by atoms with Gasteiger partial charge in [-0.3, -0.25) is 4.79 Å². The lowest BCUT2D eigenvalue weighted by molar-refractivity contribution is 0.0687. The van der Waals surface area contributed by atoms with Crippen molar-refractivity contribution in [3.8, 4) is 16.8 Å². The van der Waals surface area contributed by atoms with Gasteiger partial charge in [-0.1, -0.05) is 48.0 Å². The first kappa shape index (κ1) is 15.7. The fraction of sp³-hybridized carbons (Fsp3) is 0.105. The molecular formula is C19H16N2O3. The van der Waals surface area contributed by atoms with E-state index >= 15 is 0 Å². The average Bonchev–Trinajstić information content (AvgIpc) is 2.57. The summed E-state index contributed by atoms with van der Waals surface area (Å²) in [7, 11) is 0. The summed E-state index contributed by atoms with van der Waals surface area (Å²) >= 11 is 0. The van der Waals surface area contributed by atoms with Crippen molar-refractivity contribution in [2.24, 2.45) is 0 Å². The highest BCUT2D eigenvalue weighted by molar-refractivity contribution is 5.89. The number of para-hydroxylation sites is 1. The average molecular weight is 320 g/mol. The molecular weight excluding hydrogens is 304 g/mol. The van der Waals surface area contributed by atoms with Gasteiger partial charge in [-0.05, 0) is 37.1 Å². The molecule has 1 heterocycles. The van der Waals surface area contributed by atoms with E-state index in [-0.39, 0.29) is 11.3 Å². The first-order valence-corrected chi connectivity index (χ1v) is 7.48. The predicted octanol–water partition coefficient (Wildman–Crippen LogP) is 3.21. The van der Waals surface area contributed by atoms with E-state index in [9.17, 15) is 14.7 Å². The fourth-order valence-electron chi connectivity index (χ4n) is 2.61. The molecule has 2 aromatic carbocycles.